The van der Waals surface area contributed by atoms with Crippen molar-refractivity contribution in [3.63, 3.8) is 0 Å². The Morgan fingerprint density at radius 1 is 1.08 bits per heavy atom. The highest BCUT2D eigenvalue weighted by Gasteiger charge is 2.17. The minimum atomic E-state index is -3.53. The quantitative estimate of drug-likeness (QED) is 0.284. The van der Waals surface area contributed by atoms with Crippen molar-refractivity contribution in [1.29, 1.82) is 0 Å². The van der Waals surface area contributed by atoms with Crippen molar-refractivity contribution in [3.8, 4) is 0 Å². The monoisotopic (exact) mass is 524 g/mol. The minimum absolute atomic E-state index is 0.167. The first kappa shape index (κ1) is 28.3. The van der Waals surface area contributed by atoms with E-state index in [4.69, 9.17) is 20.6 Å². The predicted molar refractivity (Wildman–Crippen MR) is 150 cm³/mol. The topological polar surface area (TPSA) is 120 Å². The average Bonchev–Trinajstić information content (AvgIpc) is 3.22. The van der Waals surface area contributed by atoms with Crippen LogP contribution in [0.25, 0.3) is 28.0 Å². The molecular formula is C28H36N4O4S. The third kappa shape index (κ3) is 7.15. The number of aliphatic hydroxyl groups is 1. The molecule has 2 heterocycles. The van der Waals surface area contributed by atoms with E-state index in [2.05, 4.69) is 23.4 Å². The number of aromatic nitrogens is 3. The van der Waals surface area contributed by atoms with Gasteiger partial charge in [0.1, 0.15) is 17.9 Å². The number of nitrogen functional groups attached to an aromatic ring is 1. The van der Waals surface area contributed by atoms with E-state index < -0.39 is 9.84 Å². The lowest BCUT2D eigenvalue weighted by Crippen LogP contribution is -2.06. The fourth-order valence-corrected chi connectivity index (χ4v) is 4.85. The molecule has 0 saturated heterocycles. The van der Waals surface area contributed by atoms with Crippen LogP contribution in [0.4, 0.5) is 5.82 Å². The van der Waals surface area contributed by atoms with Gasteiger partial charge in [-0.25, -0.2) is 18.4 Å². The van der Waals surface area contributed by atoms with Crippen molar-refractivity contribution in [1.82, 2.24) is 14.5 Å². The number of nitrogens with two attached hydrogens (primary N) is 1. The number of benzene rings is 2. The van der Waals surface area contributed by atoms with Crippen LogP contribution in [0.2, 0.25) is 0 Å². The number of rotatable bonds is 9. The van der Waals surface area contributed by atoms with Crippen LogP contribution in [0.15, 0.2) is 58.8 Å². The van der Waals surface area contributed by atoms with E-state index in [1.165, 1.54) is 5.41 Å². The van der Waals surface area contributed by atoms with Gasteiger partial charge in [-0.3, -0.25) is 0 Å². The van der Waals surface area contributed by atoms with Gasteiger partial charge in [0, 0.05) is 30.0 Å². The summed E-state index contributed by atoms with van der Waals surface area (Å²) < 4.78 is 33.1. The highest BCUT2D eigenvalue weighted by molar-refractivity contribution is 7.94. The Morgan fingerprint density at radius 3 is 2.43 bits per heavy atom. The summed E-state index contributed by atoms with van der Waals surface area (Å²) in [6.07, 6.45) is 3.29. The molecule has 0 saturated carbocycles. The van der Waals surface area contributed by atoms with E-state index in [-0.39, 0.29) is 11.0 Å². The highest BCUT2D eigenvalue weighted by atomic mass is 32.2. The summed E-state index contributed by atoms with van der Waals surface area (Å²) >= 11 is 0. The number of nitrogens with zero attached hydrogens (tertiary/aromatic N) is 3. The van der Waals surface area contributed by atoms with Gasteiger partial charge in [-0.15, -0.1) is 0 Å². The van der Waals surface area contributed by atoms with Gasteiger partial charge < -0.3 is 20.1 Å². The lowest BCUT2D eigenvalue weighted by molar-refractivity contribution is 0.114. The highest BCUT2D eigenvalue weighted by Crippen LogP contribution is 2.30. The number of sulfone groups is 1. The first-order chi connectivity index (χ1) is 17.7. The zero-order valence-electron chi connectivity index (χ0n) is 21.9. The average molecular weight is 525 g/mol. The maximum atomic E-state index is 12.6. The number of hydrogen-bond donors (Lipinski definition) is 2. The van der Waals surface area contributed by atoms with Crippen LogP contribution in [-0.2, 0) is 27.7 Å². The Morgan fingerprint density at radius 2 is 1.78 bits per heavy atom. The zero-order valence-corrected chi connectivity index (χ0v) is 22.7. The fraction of sp³-hybridized carbons (Fsp3) is 0.357. The van der Waals surface area contributed by atoms with Crippen molar-refractivity contribution in [2.75, 3.05) is 12.3 Å². The summed E-state index contributed by atoms with van der Waals surface area (Å²) in [5.74, 6) is 1.18. The fourth-order valence-electron chi connectivity index (χ4n) is 3.82. The van der Waals surface area contributed by atoms with Gasteiger partial charge in [-0.05, 0) is 56.5 Å². The SMILES string of the molecule is CC(C)O.CCCOCc1nc2c(N)nc3cc(/C=C/S(=O)(=O)c4ccccc4)ccc3c2n1CCC. The summed E-state index contributed by atoms with van der Waals surface area (Å²) in [7, 11) is -3.53. The van der Waals surface area contributed by atoms with E-state index in [9.17, 15) is 8.42 Å². The Kier molecular flexibility index (Phi) is 9.79. The third-order valence-electron chi connectivity index (χ3n) is 5.35. The molecule has 2 aromatic carbocycles. The molecule has 198 valence electrons. The Labute approximate surface area is 218 Å². The lowest BCUT2D eigenvalue weighted by Gasteiger charge is -2.10. The second-order valence-corrected chi connectivity index (χ2v) is 10.8. The molecule has 0 bridgehead atoms. The van der Waals surface area contributed by atoms with Crippen LogP contribution in [-0.4, -0.2) is 40.8 Å². The van der Waals surface area contributed by atoms with Gasteiger partial charge in [0.2, 0.25) is 0 Å². The molecule has 2 aromatic heterocycles. The molecule has 0 fully saturated rings. The summed E-state index contributed by atoms with van der Waals surface area (Å²) in [4.78, 5) is 9.55. The molecule has 0 amide bonds. The zero-order chi connectivity index (χ0) is 27.0. The molecule has 4 rings (SSSR count). The van der Waals surface area contributed by atoms with Crippen molar-refractivity contribution in [2.24, 2.45) is 0 Å². The smallest absolute Gasteiger partial charge is 0.199 e. The first-order valence-corrected chi connectivity index (χ1v) is 14.0. The van der Waals surface area contributed by atoms with Gasteiger partial charge in [-0.2, -0.15) is 0 Å². The number of hydrogen-bond acceptors (Lipinski definition) is 7. The van der Waals surface area contributed by atoms with Crippen LogP contribution in [0, 0.1) is 0 Å². The third-order valence-corrected chi connectivity index (χ3v) is 6.77. The number of pyridine rings is 1. The molecule has 8 nitrogen and oxygen atoms in total. The lowest BCUT2D eigenvalue weighted by atomic mass is 10.1. The maximum Gasteiger partial charge on any atom is 0.199 e. The molecule has 3 N–H and O–H groups in total. The maximum absolute atomic E-state index is 12.6. The Bertz CT molecular complexity index is 1460. The molecule has 0 aliphatic heterocycles. The second kappa shape index (κ2) is 12.8. The van der Waals surface area contributed by atoms with E-state index in [0.29, 0.717) is 30.1 Å². The molecule has 0 aliphatic rings. The van der Waals surface area contributed by atoms with Crippen LogP contribution < -0.4 is 5.73 Å². The van der Waals surface area contributed by atoms with Gasteiger partial charge in [0.05, 0.1) is 15.9 Å². The summed E-state index contributed by atoms with van der Waals surface area (Å²) in [5.41, 5.74) is 9.30. The number of aliphatic hydroxyl groups excluding tert-OH is 1. The van der Waals surface area contributed by atoms with Crippen molar-refractivity contribution < 1.29 is 18.3 Å². The number of anilines is 1. The molecule has 4 aromatic rings. The first-order valence-electron chi connectivity index (χ1n) is 12.5. The Balaban J connectivity index is 0.000000886. The van der Waals surface area contributed by atoms with E-state index >= 15 is 0 Å². The molecule has 0 aliphatic carbocycles. The normalized spacial score (nSPS) is 11.9. The van der Waals surface area contributed by atoms with Crippen LogP contribution >= 0.6 is 0 Å². The van der Waals surface area contributed by atoms with Gasteiger partial charge in [-0.1, -0.05) is 44.2 Å². The summed E-state index contributed by atoms with van der Waals surface area (Å²) in [6.45, 7) is 9.51. The van der Waals surface area contributed by atoms with Crippen LogP contribution in [0.1, 0.15) is 51.9 Å². The van der Waals surface area contributed by atoms with E-state index in [1.54, 1.807) is 50.3 Å². The Hall–Kier alpha value is -3.27. The molecule has 0 spiro atoms. The molecule has 0 atom stereocenters. The van der Waals surface area contributed by atoms with Crippen molar-refractivity contribution in [3.05, 3.63) is 65.3 Å². The number of fused-ring (bicyclic) bond motifs is 3. The number of imidazole rings is 1. The molecular weight excluding hydrogens is 488 g/mol. The predicted octanol–water partition coefficient (Wildman–Crippen LogP) is 5.34. The molecule has 9 heteroatoms. The molecule has 37 heavy (non-hydrogen) atoms. The van der Waals surface area contributed by atoms with Gasteiger partial charge in [0.25, 0.3) is 0 Å². The van der Waals surface area contributed by atoms with Crippen LogP contribution in [0.3, 0.4) is 0 Å². The standard InChI is InChI=1S/C25H28N4O3S.C3H8O/c1-3-13-29-22(17-32-14-4-2)28-23-24(29)20-11-10-18(16-21(20)27-25(23)26)12-15-33(30,31)19-8-6-5-7-9-19;1-3(2)4/h5-12,15-16H,3-4,13-14,17H2,1-2H3,(H2,26,27);3-4H,1-2H3/b15-12+;. The van der Waals surface area contributed by atoms with Crippen molar-refractivity contribution in [2.45, 2.75) is 64.7 Å². The van der Waals surface area contributed by atoms with Gasteiger partial charge in [0.15, 0.2) is 15.7 Å². The largest absolute Gasteiger partial charge is 0.394 e. The summed E-state index contributed by atoms with van der Waals surface area (Å²) in [5, 5.41) is 10.2. The minimum Gasteiger partial charge on any atom is -0.394 e. The summed E-state index contributed by atoms with van der Waals surface area (Å²) in [6, 6.07) is 14.0. The van der Waals surface area contributed by atoms with Crippen molar-refractivity contribution >= 4 is 43.7 Å². The van der Waals surface area contributed by atoms with E-state index in [1.807, 2.05) is 18.2 Å². The van der Waals surface area contributed by atoms with Gasteiger partial charge >= 0.3 is 0 Å². The number of ether oxygens (including phenoxy) is 1. The molecule has 0 unspecified atom stereocenters. The molecule has 0 radical (unpaired) electrons. The van der Waals surface area contributed by atoms with E-state index in [0.717, 1.165) is 41.7 Å². The number of aryl methyl sites for hydroxylation is 1. The second-order valence-electron chi connectivity index (χ2n) is 8.96. The van der Waals surface area contributed by atoms with Crippen LogP contribution in [0.5, 0.6) is 0 Å².